The summed E-state index contributed by atoms with van der Waals surface area (Å²) in [5.41, 5.74) is 0. The van der Waals surface area contributed by atoms with E-state index in [9.17, 15) is 24.3 Å². The maximum absolute atomic E-state index is 12.9. The number of carbonyl (C=O) groups is 4. The third kappa shape index (κ3) is 8.15. The van der Waals surface area contributed by atoms with Crippen LogP contribution in [-0.4, -0.2) is 89.2 Å². The molecule has 2 fully saturated rings. The van der Waals surface area contributed by atoms with Gasteiger partial charge in [-0.15, -0.1) is 0 Å². The Kier molecular flexibility index (Phi) is 9.90. The van der Waals surface area contributed by atoms with E-state index in [2.05, 4.69) is 26.6 Å². The molecule has 2 heterocycles. The summed E-state index contributed by atoms with van der Waals surface area (Å²) < 4.78 is 0. The van der Waals surface area contributed by atoms with Crippen molar-refractivity contribution in [2.24, 2.45) is 0 Å². The molecule has 2 saturated heterocycles. The molecule has 0 aromatic heterocycles. The van der Waals surface area contributed by atoms with Crippen LogP contribution in [0.4, 0.5) is 4.79 Å². The number of likely N-dealkylation sites (tertiary alicyclic amines) is 1. The van der Waals surface area contributed by atoms with Gasteiger partial charge < -0.3 is 36.6 Å². The van der Waals surface area contributed by atoms with Gasteiger partial charge in [0.25, 0.3) is 0 Å². The minimum Gasteiger partial charge on any atom is -0.390 e. The largest absolute Gasteiger partial charge is 0.390 e. The molecule has 11 heteroatoms. The van der Waals surface area contributed by atoms with Crippen LogP contribution in [0.2, 0.25) is 0 Å². The summed E-state index contributed by atoms with van der Waals surface area (Å²) in [6.45, 7) is 9.76. The molecule has 2 bridgehead atoms. The Hall–Kier alpha value is -2.40. The lowest BCUT2D eigenvalue weighted by Crippen LogP contribution is -2.52. The summed E-state index contributed by atoms with van der Waals surface area (Å²) in [6.07, 6.45) is 0.0739. The molecular weight excluding hydrogens is 428 g/mol. The van der Waals surface area contributed by atoms with Crippen molar-refractivity contribution in [1.82, 2.24) is 31.5 Å². The van der Waals surface area contributed by atoms with E-state index in [1.807, 2.05) is 27.7 Å². The molecule has 0 aromatic carbocycles. The maximum Gasteiger partial charge on any atom is 0.318 e. The van der Waals surface area contributed by atoms with Crippen molar-refractivity contribution in [1.29, 1.82) is 0 Å². The van der Waals surface area contributed by atoms with Gasteiger partial charge in [-0.05, 0) is 40.0 Å². The van der Waals surface area contributed by atoms with E-state index in [0.717, 1.165) is 0 Å². The lowest BCUT2D eigenvalue weighted by Gasteiger charge is -2.26. The van der Waals surface area contributed by atoms with Gasteiger partial charge in [0.2, 0.25) is 17.7 Å². The Morgan fingerprint density at radius 2 is 1.79 bits per heavy atom. The Morgan fingerprint density at radius 3 is 2.42 bits per heavy atom. The van der Waals surface area contributed by atoms with Crippen molar-refractivity contribution in [2.75, 3.05) is 13.1 Å². The first-order chi connectivity index (χ1) is 15.5. The van der Waals surface area contributed by atoms with Crippen LogP contribution in [0.1, 0.15) is 60.3 Å². The topological polar surface area (TPSA) is 152 Å². The van der Waals surface area contributed by atoms with Crippen LogP contribution < -0.4 is 26.6 Å². The zero-order valence-electron chi connectivity index (χ0n) is 20.3. The van der Waals surface area contributed by atoms with Crippen LogP contribution in [0.5, 0.6) is 0 Å². The predicted octanol–water partition coefficient (Wildman–Crippen LogP) is -0.804. The fraction of sp³-hybridized carbons (Fsp3) is 0.818. The van der Waals surface area contributed by atoms with Gasteiger partial charge in [0.1, 0.15) is 6.04 Å². The van der Waals surface area contributed by atoms with Gasteiger partial charge >= 0.3 is 6.03 Å². The summed E-state index contributed by atoms with van der Waals surface area (Å²) in [5, 5.41) is 25.0. The minimum atomic E-state index is -1.07. The van der Waals surface area contributed by atoms with E-state index < -0.39 is 36.2 Å². The monoisotopic (exact) mass is 468 g/mol. The summed E-state index contributed by atoms with van der Waals surface area (Å²) in [6, 6.07) is -2.61. The highest BCUT2D eigenvalue weighted by Crippen LogP contribution is 2.19. The van der Waals surface area contributed by atoms with Crippen LogP contribution in [0.25, 0.3) is 0 Å². The molecule has 0 aromatic rings. The van der Waals surface area contributed by atoms with Crippen LogP contribution in [-0.2, 0) is 14.4 Å². The molecule has 2 aliphatic heterocycles. The number of carbonyl (C=O) groups excluding carboxylic acids is 4. The van der Waals surface area contributed by atoms with Crippen LogP contribution in [0, 0.1) is 0 Å². The van der Waals surface area contributed by atoms with Gasteiger partial charge in [0.15, 0.2) is 0 Å². The van der Waals surface area contributed by atoms with Gasteiger partial charge in [-0.1, -0.05) is 13.8 Å². The quantitative estimate of drug-likeness (QED) is 0.319. The number of fused-ring (bicyclic) bond motifs is 2. The van der Waals surface area contributed by atoms with Gasteiger partial charge in [-0.2, -0.15) is 0 Å². The van der Waals surface area contributed by atoms with Gasteiger partial charge in [0, 0.05) is 31.2 Å². The Labute approximate surface area is 195 Å². The van der Waals surface area contributed by atoms with Crippen LogP contribution in [0.15, 0.2) is 0 Å². The molecule has 2 rings (SSSR count). The summed E-state index contributed by atoms with van der Waals surface area (Å²) in [4.78, 5) is 52.3. The third-order valence-electron chi connectivity index (χ3n) is 5.80. The molecule has 5 atom stereocenters. The van der Waals surface area contributed by atoms with Crippen molar-refractivity contribution in [3.8, 4) is 0 Å². The second-order valence-corrected chi connectivity index (χ2v) is 9.65. The van der Waals surface area contributed by atoms with Crippen molar-refractivity contribution in [2.45, 2.75) is 103 Å². The zero-order valence-corrected chi connectivity index (χ0v) is 20.3. The average molecular weight is 469 g/mol. The second-order valence-electron chi connectivity index (χ2n) is 9.65. The number of aliphatic hydroxyl groups excluding tert-OH is 1. The minimum absolute atomic E-state index is 0.0652. The van der Waals surface area contributed by atoms with Gasteiger partial charge in [-0.25, -0.2) is 4.79 Å². The Balaban J connectivity index is 2.19. The van der Waals surface area contributed by atoms with Crippen molar-refractivity contribution >= 4 is 23.8 Å². The van der Waals surface area contributed by atoms with Crippen molar-refractivity contribution < 1.29 is 24.3 Å². The van der Waals surface area contributed by atoms with E-state index in [1.165, 1.54) is 4.90 Å². The maximum atomic E-state index is 12.9. The first-order valence-corrected chi connectivity index (χ1v) is 11.9. The first-order valence-electron chi connectivity index (χ1n) is 11.9. The fourth-order valence-electron chi connectivity index (χ4n) is 4.15. The van der Waals surface area contributed by atoms with E-state index in [-0.39, 0.29) is 42.9 Å². The summed E-state index contributed by atoms with van der Waals surface area (Å²) in [7, 11) is 0. The summed E-state index contributed by atoms with van der Waals surface area (Å²) in [5.74, 6) is -0.947. The predicted molar refractivity (Wildman–Crippen MR) is 123 cm³/mol. The number of urea groups is 1. The Bertz CT molecular complexity index is 715. The highest BCUT2D eigenvalue weighted by atomic mass is 16.3. The molecule has 33 heavy (non-hydrogen) atoms. The molecule has 188 valence electrons. The van der Waals surface area contributed by atoms with Gasteiger partial charge in [0.05, 0.1) is 24.6 Å². The molecule has 11 nitrogen and oxygen atoms in total. The first kappa shape index (κ1) is 26.8. The average Bonchev–Trinajstić information content (AvgIpc) is 3.12. The van der Waals surface area contributed by atoms with Crippen molar-refractivity contribution in [3.63, 3.8) is 0 Å². The lowest BCUT2D eigenvalue weighted by molar-refractivity contribution is -0.128. The van der Waals surface area contributed by atoms with Gasteiger partial charge in [-0.3, -0.25) is 14.4 Å². The molecule has 0 unspecified atom stereocenters. The molecule has 2 aliphatic rings. The number of amides is 5. The number of aliphatic hydroxyl groups is 1. The molecule has 0 saturated carbocycles. The number of hydrogen-bond donors (Lipinski definition) is 6. The Morgan fingerprint density at radius 1 is 1.09 bits per heavy atom. The second kappa shape index (κ2) is 12.2. The van der Waals surface area contributed by atoms with E-state index in [1.54, 1.807) is 6.92 Å². The standard InChI is InChI=1S/C22H40N6O5/c1-12(2)24-16-7-6-8-23-21(32)17-9-15(11-28(17)22(33)25-13(3)4)27-19(30)10-18(29)14(5)26-20(16)31/h12-18,24,29H,6-11H2,1-5H3,(H,23,32)(H,25,33)(H,26,31)(H,27,30)/t14-,15+,16-,17-,18-/m0/s1. The molecule has 0 radical (unpaired) electrons. The summed E-state index contributed by atoms with van der Waals surface area (Å²) >= 11 is 0. The number of rotatable bonds is 3. The number of nitrogens with zero attached hydrogens (tertiary/aromatic N) is 1. The molecule has 0 aliphatic carbocycles. The highest BCUT2D eigenvalue weighted by molar-refractivity contribution is 5.88. The lowest BCUT2D eigenvalue weighted by atomic mass is 10.1. The van der Waals surface area contributed by atoms with E-state index in [0.29, 0.717) is 25.8 Å². The zero-order chi connectivity index (χ0) is 24.7. The molecular formula is C22H40N6O5. The normalized spacial score (nSPS) is 30.1. The van der Waals surface area contributed by atoms with Crippen LogP contribution >= 0.6 is 0 Å². The molecule has 0 spiro atoms. The SMILES string of the molecule is CC(C)NC(=O)N1C[C@H]2C[C@H]1C(=O)NCCC[C@H](NC(C)C)C(=O)N[C@@H](C)[C@@H](O)CC(=O)N2. The van der Waals surface area contributed by atoms with Crippen molar-refractivity contribution in [3.05, 3.63) is 0 Å². The smallest absolute Gasteiger partial charge is 0.318 e. The molecule has 6 N–H and O–H groups in total. The van der Waals surface area contributed by atoms with E-state index in [4.69, 9.17) is 0 Å². The highest BCUT2D eigenvalue weighted by Gasteiger charge is 2.40. The third-order valence-corrected chi connectivity index (χ3v) is 5.80. The number of nitrogens with one attached hydrogen (secondary N) is 5. The van der Waals surface area contributed by atoms with Crippen LogP contribution in [0.3, 0.4) is 0 Å². The molecule has 5 amide bonds. The number of hydrogen-bond acceptors (Lipinski definition) is 6. The fourth-order valence-corrected chi connectivity index (χ4v) is 4.15. The van der Waals surface area contributed by atoms with E-state index >= 15 is 0 Å².